The van der Waals surface area contributed by atoms with E-state index < -0.39 is 0 Å². The van der Waals surface area contributed by atoms with Gasteiger partial charge in [-0.25, -0.2) is 14.8 Å². The summed E-state index contributed by atoms with van der Waals surface area (Å²) in [6.45, 7) is 4.81. The first-order valence-electron chi connectivity index (χ1n) is 8.34. The predicted octanol–water partition coefficient (Wildman–Crippen LogP) is 2.54. The van der Waals surface area contributed by atoms with Gasteiger partial charge in [0.1, 0.15) is 5.82 Å². The van der Waals surface area contributed by atoms with E-state index in [0.29, 0.717) is 19.1 Å². The number of amides is 2. The Balaban J connectivity index is 1.54. The maximum atomic E-state index is 12.4. The first-order chi connectivity index (χ1) is 11.7. The number of urea groups is 1. The Hall–Kier alpha value is -2.15. The number of fused-ring (bicyclic) bond motifs is 1. The van der Waals surface area contributed by atoms with Crippen LogP contribution in [0.4, 0.5) is 10.6 Å². The van der Waals surface area contributed by atoms with Crippen molar-refractivity contribution >= 4 is 23.2 Å². The van der Waals surface area contributed by atoms with Crippen LogP contribution in [0.3, 0.4) is 0 Å². The van der Waals surface area contributed by atoms with Gasteiger partial charge in [-0.3, -0.25) is 0 Å². The third-order valence-electron chi connectivity index (χ3n) is 4.38. The molecule has 1 aliphatic heterocycles. The fourth-order valence-corrected chi connectivity index (χ4v) is 3.57. The highest BCUT2D eigenvalue weighted by atomic mass is 32.1. The monoisotopic (exact) mass is 343 g/mol. The average Bonchev–Trinajstić information content (AvgIpc) is 3.32. The predicted molar refractivity (Wildman–Crippen MR) is 94.1 cm³/mol. The zero-order valence-corrected chi connectivity index (χ0v) is 14.6. The Morgan fingerprint density at radius 3 is 3.04 bits per heavy atom. The van der Waals surface area contributed by atoms with E-state index in [1.807, 2.05) is 24.1 Å². The molecule has 2 aliphatic rings. The van der Waals surface area contributed by atoms with Crippen molar-refractivity contribution in [3.05, 3.63) is 40.0 Å². The molecule has 1 saturated carbocycles. The summed E-state index contributed by atoms with van der Waals surface area (Å²) in [4.78, 5) is 25.7. The van der Waals surface area contributed by atoms with E-state index in [1.165, 1.54) is 0 Å². The van der Waals surface area contributed by atoms with Crippen LogP contribution in [0.15, 0.2) is 23.7 Å². The van der Waals surface area contributed by atoms with Crippen molar-refractivity contribution in [1.82, 2.24) is 20.2 Å². The van der Waals surface area contributed by atoms with Gasteiger partial charge in [-0.2, -0.15) is 0 Å². The SMILES string of the molecule is Cc1nc(CN2CCN(C(=O)NC3CC3)Cc3cccnc32)cs1. The number of rotatable bonds is 3. The number of nitrogens with zero attached hydrogens (tertiary/aromatic N) is 4. The third-order valence-corrected chi connectivity index (χ3v) is 5.20. The maximum absolute atomic E-state index is 12.4. The third kappa shape index (κ3) is 3.36. The molecule has 1 N–H and O–H groups in total. The van der Waals surface area contributed by atoms with E-state index in [-0.39, 0.29) is 6.03 Å². The molecular weight excluding hydrogens is 322 g/mol. The molecule has 7 heteroatoms. The molecule has 4 rings (SSSR count). The zero-order chi connectivity index (χ0) is 16.5. The fourth-order valence-electron chi connectivity index (χ4n) is 2.97. The molecule has 6 nitrogen and oxygen atoms in total. The van der Waals surface area contributed by atoms with Gasteiger partial charge in [0.15, 0.2) is 0 Å². The van der Waals surface area contributed by atoms with Gasteiger partial charge in [0.2, 0.25) is 0 Å². The number of aromatic nitrogens is 2. The highest BCUT2D eigenvalue weighted by Crippen LogP contribution is 2.25. The summed E-state index contributed by atoms with van der Waals surface area (Å²) < 4.78 is 0. The molecule has 126 valence electrons. The van der Waals surface area contributed by atoms with Crippen LogP contribution in [0, 0.1) is 6.92 Å². The topological polar surface area (TPSA) is 61.4 Å². The number of aryl methyl sites for hydroxylation is 1. The van der Waals surface area contributed by atoms with Crippen molar-refractivity contribution in [3.8, 4) is 0 Å². The largest absolute Gasteiger partial charge is 0.349 e. The highest BCUT2D eigenvalue weighted by Gasteiger charge is 2.28. The minimum Gasteiger partial charge on any atom is -0.349 e. The van der Waals surface area contributed by atoms with Crippen molar-refractivity contribution in [3.63, 3.8) is 0 Å². The zero-order valence-electron chi connectivity index (χ0n) is 13.7. The van der Waals surface area contributed by atoms with E-state index in [1.54, 1.807) is 11.3 Å². The van der Waals surface area contributed by atoms with Gasteiger partial charge in [-0.05, 0) is 25.8 Å². The first kappa shape index (κ1) is 15.4. The standard InChI is InChI=1S/C17H21N5OS/c1-12-19-15(11-24-12)10-21-7-8-22(17(23)20-14-4-5-14)9-13-3-2-6-18-16(13)21/h2-3,6,11,14H,4-5,7-10H2,1H3,(H,20,23). The number of hydrogen-bond donors (Lipinski definition) is 1. The molecule has 2 amide bonds. The van der Waals surface area contributed by atoms with Crippen LogP contribution in [0.25, 0.3) is 0 Å². The van der Waals surface area contributed by atoms with E-state index >= 15 is 0 Å². The van der Waals surface area contributed by atoms with Gasteiger partial charge in [-0.15, -0.1) is 11.3 Å². The normalized spacial score (nSPS) is 17.4. The van der Waals surface area contributed by atoms with Crippen molar-refractivity contribution in [2.24, 2.45) is 0 Å². The molecule has 0 atom stereocenters. The van der Waals surface area contributed by atoms with Crippen LogP contribution in [-0.2, 0) is 13.1 Å². The van der Waals surface area contributed by atoms with Crippen molar-refractivity contribution < 1.29 is 4.79 Å². The first-order valence-corrected chi connectivity index (χ1v) is 9.22. The summed E-state index contributed by atoms with van der Waals surface area (Å²) in [5, 5.41) is 6.26. The molecule has 1 fully saturated rings. The lowest BCUT2D eigenvalue weighted by atomic mass is 10.2. The van der Waals surface area contributed by atoms with Crippen molar-refractivity contribution in [1.29, 1.82) is 0 Å². The van der Waals surface area contributed by atoms with Crippen molar-refractivity contribution in [2.75, 3.05) is 18.0 Å². The molecule has 24 heavy (non-hydrogen) atoms. The Labute approximate surface area is 145 Å². The van der Waals surface area contributed by atoms with E-state index in [9.17, 15) is 4.79 Å². The number of hydrogen-bond acceptors (Lipinski definition) is 5. The van der Waals surface area contributed by atoms with Crippen LogP contribution in [0.1, 0.15) is 29.1 Å². The van der Waals surface area contributed by atoms with E-state index in [0.717, 1.165) is 48.0 Å². The van der Waals surface area contributed by atoms with Crippen LogP contribution < -0.4 is 10.2 Å². The molecule has 1 aliphatic carbocycles. The second kappa shape index (κ2) is 6.39. The molecule has 0 unspecified atom stereocenters. The summed E-state index contributed by atoms with van der Waals surface area (Å²) in [6.07, 6.45) is 4.03. The summed E-state index contributed by atoms with van der Waals surface area (Å²) in [5.41, 5.74) is 2.15. The smallest absolute Gasteiger partial charge is 0.317 e. The van der Waals surface area contributed by atoms with E-state index in [2.05, 4.69) is 31.6 Å². The van der Waals surface area contributed by atoms with Crippen LogP contribution in [0.5, 0.6) is 0 Å². The lowest BCUT2D eigenvalue weighted by Crippen LogP contribution is -2.42. The summed E-state index contributed by atoms with van der Waals surface area (Å²) in [6, 6.07) is 4.42. The highest BCUT2D eigenvalue weighted by molar-refractivity contribution is 7.09. The second-order valence-corrected chi connectivity index (χ2v) is 7.47. The average molecular weight is 343 g/mol. The molecule has 0 spiro atoms. The van der Waals surface area contributed by atoms with Gasteiger partial charge in [-0.1, -0.05) is 6.07 Å². The molecule has 0 aromatic carbocycles. The number of pyridine rings is 1. The Morgan fingerprint density at radius 2 is 2.29 bits per heavy atom. The molecule has 0 bridgehead atoms. The fraction of sp³-hybridized carbons (Fsp3) is 0.471. The summed E-state index contributed by atoms with van der Waals surface area (Å²) in [5.74, 6) is 0.963. The molecule has 0 radical (unpaired) electrons. The number of thiazole rings is 1. The lowest BCUT2D eigenvalue weighted by molar-refractivity contribution is 0.197. The van der Waals surface area contributed by atoms with Crippen LogP contribution in [-0.4, -0.2) is 40.0 Å². The molecule has 2 aromatic heterocycles. The number of anilines is 1. The Kier molecular flexibility index (Phi) is 4.10. The van der Waals surface area contributed by atoms with Crippen molar-refractivity contribution in [2.45, 2.75) is 38.9 Å². The Bertz CT molecular complexity index is 742. The van der Waals surface area contributed by atoms with Crippen LogP contribution in [0.2, 0.25) is 0 Å². The van der Waals surface area contributed by atoms with Gasteiger partial charge in [0.05, 0.1) is 23.8 Å². The maximum Gasteiger partial charge on any atom is 0.317 e. The van der Waals surface area contributed by atoms with E-state index in [4.69, 9.17) is 0 Å². The summed E-state index contributed by atoms with van der Waals surface area (Å²) in [7, 11) is 0. The van der Waals surface area contributed by atoms with Gasteiger partial charge < -0.3 is 15.1 Å². The molecule has 3 heterocycles. The van der Waals surface area contributed by atoms with Gasteiger partial charge >= 0.3 is 6.03 Å². The van der Waals surface area contributed by atoms with Crippen LogP contribution >= 0.6 is 11.3 Å². The number of nitrogens with one attached hydrogen (secondary N) is 1. The molecule has 0 saturated heterocycles. The minimum absolute atomic E-state index is 0.0404. The number of carbonyl (C=O) groups excluding carboxylic acids is 1. The quantitative estimate of drug-likeness (QED) is 0.930. The minimum atomic E-state index is 0.0404. The second-order valence-electron chi connectivity index (χ2n) is 6.41. The molecular formula is C17H21N5OS. The van der Waals surface area contributed by atoms with Gasteiger partial charge in [0, 0.05) is 36.3 Å². The number of carbonyl (C=O) groups is 1. The van der Waals surface area contributed by atoms with Gasteiger partial charge in [0.25, 0.3) is 0 Å². The summed E-state index contributed by atoms with van der Waals surface area (Å²) >= 11 is 1.67. The Morgan fingerprint density at radius 1 is 1.42 bits per heavy atom. The lowest BCUT2D eigenvalue weighted by Gasteiger charge is -2.23. The molecule has 2 aromatic rings.